The second kappa shape index (κ2) is 6.14. The van der Waals surface area contributed by atoms with Gasteiger partial charge in [0.25, 0.3) is 0 Å². The number of pyridine rings is 1. The Labute approximate surface area is 125 Å². The fourth-order valence-electron chi connectivity index (χ4n) is 2.77. The van der Waals surface area contributed by atoms with Gasteiger partial charge in [0.2, 0.25) is 0 Å². The van der Waals surface area contributed by atoms with Crippen LogP contribution in [0.3, 0.4) is 0 Å². The van der Waals surface area contributed by atoms with Crippen molar-refractivity contribution < 1.29 is 9.47 Å². The molecule has 0 aliphatic carbocycles. The van der Waals surface area contributed by atoms with Crippen LogP contribution in [0.2, 0.25) is 0 Å². The molecule has 1 aromatic carbocycles. The molecule has 4 heteroatoms. The first-order valence-corrected chi connectivity index (χ1v) is 7.27. The number of fused-ring (bicyclic) bond motifs is 1. The van der Waals surface area contributed by atoms with Gasteiger partial charge in [-0.1, -0.05) is 19.1 Å². The fraction of sp³-hybridized carbons (Fsp3) is 0.353. The highest BCUT2D eigenvalue weighted by atomic mass is 16.6. The van der Waals surface area contributed by atoms with Crippen LogP contribution in [0.4, 0.5) is 0 Å². The van der Waals surface area contributed by atoms with Gasteiger partial charge in [0.05, 0.1) is 0 Å². The molecular weight excluding hydrogens is 264 g/mol. The number of benzene rings is 1. The first kappa shape index (κ1) is 13.9. The van der Waals surface area contributed by atoms with Crippen LogP contribution in [0.5, 0.6) is 11.5 Å². The third-order valence-electron chi connectivity index (χ3n) is 3.89. The molecule has 1 N–H and O–H groups in total. The van der Waals surface area contributed by atoms with Gasteiger partial charge in [-0.2, -0.15) is 0 Å². The lowest BCUT2D eigenvalue weighted by Crippen LogP contribution is -2.23. The van der Waals surface area contributed by atoms with Gasteiger partial charge in [-0.25, -0.2) is 0 Å². The molecule has 1 aliphatic heterocycles. The van der Waals surface area contributed by atoms with Crippen molar-refractivity contribution in [2.45, 2.75) is 18.9 Å². The predicted molar refractivity (Wildman–Crippen MR) is 81.9 cm³/mol. The molecule has 0 saturated heterocycles. The van der Waals surface area contributed by atoms with E-state index >= 15 is 0 Å². The summed E-state index contributed by atoms with van der Waals surface area (Å²) in [6, 6.07) is 12.3. The lowest BCUT2D eigenvalue weighted by molar-refractivity contribution is 0.171. The van der Waals surface area contributed by atoms with E-state index in [0.29, 0.717) is 13.2 Å². The Bertz CT molecular complexity index is 601. The quantitative estimate of drug-likeness (QED) is 0.937. The number of hydrogen-bond donors (Lipinski definition) is 1. The molecule has 2 heterocycles. The van der Waals surface area contributed by atoms with Gasteiger partial charge in [0, 0.05) is 23.9 Å². The standard InChI is InChI=1S/C17H20N2O2/c1-12(14-5-3-4-8-19-14)17(18-2)13-6-7-15-16(11-13)21-10-9-20-15/h3-8,11-12,17-18H,9-10H2,1-2H3. The van der Waals surface area contributed by atoms with E-state index in [0.717, 1.165) is 17.2 Å². The summed E-state index contributed by atoms with van der Waals surface area (Å²) in [5.41, 5.74) is 2.26. The maximum Gasteiger partial charge on any atom is 0.161 e. The van der Waals surface area contributed by atoms with Crippen molar-refractivity contribution in [1.82, 2.24) is 10.3 Å². The van der Waals surface area contributed by atoms with Crippen molar-refractivity contribution in [1.29, 1.82) is 0 Å². The summed E-state index contributed by atoms with van der Waals surface area (Å²) in [6.07, 6.45) is 1.84. The maximum atomic E-state index is 5.68. The van der Waals surface area contributed by atoms with Crippen molar-refractivity contribution in [3.63, 3.8) is 0 Å². The number of nitrogens with one attached hydrogen (secondary N) is 1. The SMILES string of the molecule is CNC(c1ccc2c(c1)OCCO2)C(C)c1ccccn1. The molecule has 3 rings (SSSR count). The van der Waals surface area contributed by atoms with Crippen molar-refractivity contribution in [3.05, 3.63) is 53.9 Å². The highest BCUT2D eigenvalue weighted by Gasteiger charge is 2.22. The summed E-state index contributed by atoms with van der Waals surface area (Å²) in [7, 11) is 1.97. The molecule has 0 spiro atoms. The van der Waals surface area contributed by atoms with Crippen LogP contribution in [-0.4, -0.2) is 25.2 Å². The molecule has 0 fully saturated rings. The highest BCUT2D eigenvalue weighted by Crippen LogP contribution is 2.36. The smallest absolute Gasteiger partial charge is 0.161 e. The number of hydrogen-bond acceptors (Lipinski definition) is 4. The molecule has 2 aromatic rings. The number of aromatic nitrogens is 1. The molecule has 2 unspecified atom stereocenters. The molecule has 1 aliphatic rings. The third-order valence-corrected chi connectivity index (χ3v) is 3.89. The van der Waals surface area contributed by atoms with E-state index in [-0.39, 0.29) is 12.0 Å². The lowest BCUT2D eigenvalue weighted by atomic mass is 9.91. The Morgan fingerprint density at radius 2 is 1.90 bits per heavy atom. The minimum Gasteiger partial charge on any atom is -0.486 e. The van der Waals surface area contributed by atoms with E-state index in [9.17, 15) is 0 Å². The number of nitrogens with zero attached hydrogens (tertiary/aromatic N) is 1. The van der Waals surface area contributed by atoms with Gasteiger partial charge in [0.15, 0.2) is 11.5 Å². The molecule has 4 nitrogen and oxygen atoms in total. The van der Waals surface area contributed by atoms with E-state index in [2.05, 4.69) is 35.4 Å². The van der Waals surface area contributed by atoms with Gasteiger partial charge in [-0.3, -0.25) is 4.98 Å². The largest absolute Gasteiger partial charge is 0.486 e. The molecule has 0 radical (unpaired) electrons. The molecular formula is C17H20N2O2. The van der Waals surface area contributed by atoms with E-state index in [1.807, 2.05) is 31.4 Å². The van der Waals surface area contributed by atoms with Crippen LogP contribution in [0.1, 0.15) is 30.1 Å². The average molecular weight is 284 g/mol. The normalized spacial score (nSPS) is 16.3. The third kappa shape index (κ3) is 2.85. The van der Waals surface area contributed by atoms with Crippen LogP contribution in [0.15, 0.2) is 42.6 Å². The summed E-state index contributed by atoms with van der Waals surface area (Å²) in [4.78, 5) is 4.46. The number of likely N-dealkylation sites (N-methyl/N-ethyl adjacent to an activating group) is 1. The minimum absolute atomic E-state index is 0.177. The fourth-order valence-corrected chi connectivity index (χ4v) is 2.77. The van der Waals surface area contributed by atoms with Gasteiger partial charge >= 0.3 is 0 Å². The Balaban J connectivity index is 1.89. The predicted octanol–water partition coefficient (Wildman–Crippen LogP) is 2.92. The van der Waals surface area contributed by atoms with Gasteiger partial charge in [-0.15, -0.1) is 0 Å². The first-order chi connectivity index (χ1) is 10.3. The van der Waals surface area contributed by atoms with Crippen LogP contribution in [0, 0.1) is 0 Å². The second-order valence-electron chi connectivity index (χ2n) is 5.21. The summed E-state index contributed by atoms with van der Waals surface area (Å²) in [5, 5.41) is 3.39. The van der Waals surface area contributed by atoms with E-state index in [4.69, 9.17) is 9.47 Å². The zero-order valence-corrected chi connectivity index (χ0v) is 12.4. The molecule has 1 aromatic heterocycles. The molecule has 0 bridgehead atoms. The van der Waals surface area contributed by atoms with E-state index in [1.165, 1.54) is 5.56 Å². The average Bonchev–Trinajstić information content (AvgIpc) is 2.56. The summed E-state index contributed by atoms with van der Waals surface area (Å²) in [5.74, 6) is 1.91. The van der Waals surface area contributed by atoms with Crippen LogP contribution < -0.4 is 14.8 Å². The maximum absolute atomic E-state index is 5.68. The molecule has 0 saturated carbocycles. The second-order valence-corrected chi connectivity index (χ2v) is 5.21. The minimum atomic E-state index is 0.177. The zero-order chi connectivity index (χ0) is 14.7. The summed E-state index contributed by atoms with van der Waals surface area (Å²) < 4.78 is 11.3. The molecule has 2 atom stereocenters. The van der Waals surface area contributed by atoms with Gasteiger partial charge < -0.3 is 14.8 Å². The van der Waals surface area contributed by atoms with Crippen molar-refractivity contribution in [2.24, 2.45) is 0 Å². The Morgan fingerprint density at radius 1 is 1.10 bits per heavy atom. The van der Waals surface area contributed by atoms with Gasteiger partial charge in [-0.05, 0) is 36.9 Å². The highest BCUT2D eigenvalue weighted by molar-refractivity contribution is 5.45. The number of rotatable bonds is 4. The topological polar surface area (TPSA) is 43.4 Å². The van der Waals surface area contributed by atoms with E-state index < -0.39 is 0 Å². The Hall–Kier alpha value is -2.07. The molecule has 21 heavy (non-hydrogen) atoms. The first-order valence-electron chi connectivity index (χ1n) is 7.27. The van der Waals surface area contributed by atoms with Crippen LogP contribution >= 0.6 is 0 Å². The lowest BCUT2D eigenvalue weighted by Gasteiger charge is -2.26. The molecule has 0 amide bonds. The van der Waals surface area contributed by atoms with Crippen molar-refractivity contribution in [3.8, 4) is 11.5 Å². The Morgan fingerprint density at radius 3 is 2.62 bits per heavy atom. The number of ether oxygens (including phenoxy) is 2. The molecule has 110 valence electrons. The Kier molecular flexibility index (Phi) is 4.06. The summed E-state index contributed by atoms with van der Waals surface area (Å²) >= 11 is 0. The monoisotopic (exact) mass is 284 g/mol. The van der Waals surface area contributed by atoms with Crippen LogP contribution in [0.25, 0.3) is 0 Å². The van der Waals surface area contributed by atoms with Gasteiger partial charge in [0.1, 0.15) is 13.2 Å². The van der Waals surface area contributed by atoms with Crippen molar-refractivity contribution in [2.75, 3.05) is 20.3 Å². The van der Waals surface area contributed by atoms with Crippen molar-refractivity contribution >= 4 is 0 Å². The summed E-state index contributed by atoms with van der Waals surface area (Å²) in [6.45, 7) is 3.41. The van der Waals surface area contributed by atoms with Crippen LogP contribution in [-0.2, 0) is 0 Å². The van der Waals surface area contributed by atoms with E-state index in [1.54, 1.807) is 0 Å². The zero-order valence-electron chi connectivity index (χ0n) is 12.4.